The number of aryl methyl sites for hydroxylation is 3. The molecule has 0 saturated carbocycles. The molecule has 1 N–H and O–H groups in total. The molecule has 0 unspecified atom stereocenters. The maximum Gasteiger partial charge on any atom is 0.252 e. The van der Waals surface area contributed by atoms with Gasteiger partial charge in [-0.1, -0.05) is 12.1 Å². The summed E-state index contributed by atoms with van der Waals surface area (Å²) in [6, 6.07) is 7.67. The van der Waals surface area contributed by atoms with Crippen LogP contribution in [-0.2, 0) is 19.3 Å². The lowest BCUT2D eigenvalue weighted by Gasteiger charge is -2.06. The molecule has 2 aromatic rings. The number of aromatic nitrogens is 1. The van der Waals surface area contributed by atoms with E-state index in [4.69, 9.17) is 4.98 Å². The molecule has 3 nitrogen and oxygen atoms in total. The topological polar surface area (TPSA) is 42.0 Å². The second kappa shape index (κ2) is 7.55. The Kier molecular flexibility index (Phi) is 5.46. The van der Waals surface area contributed by atoms with E-state index in [0.717, 1.165) is 28.4 Å². The van der Waals surface area contributed by atoms with Crippen molar-refractivity contribution in [1.29, 1.82) is 0 Å². The Labute approximate surface area is 148 Å². The molecule has 3 rings (SSSR count). The molecule has 0 fully saturated rings. The van der Waals surface area contributed by atoms with Gasteiger partial charge >= 0.3 is 0 Å². The summed E-state index contributed by atoms with van der Waals surface area (Å²) >= 11 is 4.07. The summed E-state index contributed by atoms with van der Waals surface area (Å²) in [7, 11) is 0. The SMILES string of the molecule is O=C(NCCCc1nc2c(s1)CCCC2)c1ccccc1I. The van der Waals surface area contributed by atoms with Crippen molar-refractivity contribution >= 4 is 39.8 Å². The van der Waals surface area contributed by atoms with Gasteiger partial charge in [-0.3, -0.25) is 4.79 Å². The molecule has 1 aromatic heterocycles. The van der Waals surface area contributed by atoms with Crippen molar-refractivity contribution in [2.75, 3.05) is 6.54 Å². The first-order chi connectivity index (χ1) is 10.7. The number of fused-ring (bicyclic) bond motifs is 1. The monoisotopic (exact) mass is 426 g/mol. The van der Waals surface area contributed by atoms with Crippen molar-refractivity contribution in [2.45, 2.75) is 38.5 Å². The minimum absolute atomic E-state index is 0.0171. The van der Waals surface area contributed by atoms with Crippen molar-refractivity contribution in [3.05, 3.63) is 49.0 Å². The van der Waals surface area contributed by atoms with Crippen LogP contribution in [0.15, 0.2) is 24.3 Å². The molecular weight excluding hydrogens is 407 g/mol. The van der Waals surface area contributed by atoms with Gasteiger partial charge in [0.15, 0.2) is 0 Å². The van der Waals surface area contributed by atoms with E-state index in [1.54, 1.807) is 0 Å². The van der Waals surface area contributed by atoms with Crippen LogP contribution in [-0.4, -0.2) is 17.4 Å². The molecule has 1 aliphatic rings. The first-order valence-corrected chi connectivity index (χ1v) is 9.64. The molecule has 5 heteroatoms. The molecule has 1 heterocycles. The van der Waals surface area contributed by atoms with Crippen LogP contribution in [0.4, 0.5) is 0 Å². The van der Waals surface area contributed by atoms with Crippen molar-refractivity contribution in [3.63, 3.8) is 0 Å². The number of halogens is 1. The van der Waals surface area contributed by atoms with E-state index in [-0.39, 0.29) is 5.91 Å². The Morgan fingerprint density at radius 3 is 2.91 bits per heavy atom. The van der Waals surface area contributed by atoms with Gasteiger partial charge in [-0.15, -0.1) is 11.3 Å². The number of benzene rings is 1. The van der Waals surface area contributed by atoms with Crippen molar-refractivity contribution in [3.8, 4) is 0 Å². The molecule has 0 spiro atoms. The molecule has 1 amide bonds. The number of carbonyl (C=O) groups is 1. The van der Waals surface area contributed by atoms with E-state index in [9.17, 15) is 4.79 Å². The molecular formula is C17H19IN2OS. The Balaban J connectivity index is 1.46. The van der Waals surface area contributed by atoms with Crippen molar-refractivity contribution in [1.82, 2.24) is 10.3 Å². The van der Waals surface area contributed by atoms with Gasteiger partial charge < -0.3 is 5.32 Å². The fraction of sp³-hybridized carbons (Fsp3) is 0.412. The number of amides is 1. The van der Waals surface area contributed by atoms with Gasteiger partial charge in [0.25, 0.3) is 5.91 Å². The molecule has 0 radical (unpaired) electrons. The van der Waals surface area contributed by atoms with Crippen LogP contribution in [0, 0.1) is 3.57 Å². The molecule has 0 bridgehead atoms. The van der Waals surface area contributed by atoms with Crippen LogP contribution in [0.3, 0.4) is 0 Å². The highest BCUT2D eigenvalue weighted by molar-refractivity contribution is 14.1. The third-order valence-corrected chi connectivity index (χ3v) is 6.02. The predicted octanol–water partition coefficient (Wildman–Crippen LogP) is 3.99. The summed E-state index contributed by atoms with van der Waals surface area (Å²) in [5.41, 5.74) is 2.09. The van der Waals surface area contributed by atoms with E-state index in [2.05, 4.69) is 27.9 Å². The zero-order valence-electron chi connectivity index (χ0n) is 12.4. The third-order valence-electron chi connectivity index (χ3n) is 3.86. The highest BCUT2D eigenvalue weighted by Gasteiger charge is 2.15. The Bertz CT molecular complexity index is 645. The minimum atomic E-state index is 0.0171. The number of hydrogen-bond acceptors (Lipinski definition) is 3. The molecule has 1 aromatic carbocycles. The standard InChI is InChI=1S/C17H19IN2OS/c18-13-7-2-1-6-12(13)17(21)19-11-5-10-16-20-14-8-3-4-9-15(14)22-16/h1-2,6-7H,3-5,8-11H2,(H,19,21). The van der Waals surface area contributed by atoms with E-state index >= 15 is 0 Å². The van der Waals surface area contributed by atoms with E-state index in [1.165, 1.54) is 34.8 Å². The Morgan fingerprint density at radius 1 is 1.27 bits per heavy atom. The normalized spacial score (nSPS) is 13.7. The van der Waals surface area contributed by atoms with Crippen LogP contribution in [0.1, 0.15) is 45.2 Å². The lowest BCUT2D eigenvalue weighted by atomic mass is 10.0. The number of nitrogens with one attached hydrogen (secondary N) is 1. The summed E-state index contributed by atoms with van der Waals surface area (Å²) in [6.45, 7) is 0.702. The molecule has 0 saturated heterocycles. The second-order valence-corrected chi connectivity index (χ2v) is 7.85. The average molecular weight is 426 g/mol. The predicted molar refractivity (Wildman–Crippen MR) is 98.6 cm³/mol. The fourth-order valence-electron chi connectivity index (χ4n) is 2.69. The number of rotatable bonds is 5. The van der Waals surface area contributed by atoms with Gasteiger partial charge in [-0.2, -0.15) is 0 Å². The highest BCUT2D eigenvalue weighted by atomic mass is 127. The summed E-state index contributed by atoms with van der Waals surface area (Å²) < 4.78 is 0.991. The zero-order valence-corrected chi connectivity index (χ0v) is 15.4. The van der Waals surface area contributed by atoms with Gasteiger partial charge in [0, 0.05) is 21.4 Å². The maximum absolute atomic E-state index is 12.1. The van der Waals surface area contributed by atoms with E-state index < -0.39 is 0 Å². The molecule has 0 aliphatic heterocycles. The smallest absolute Gasteiger partial charge is 0.252 e. The second-order valence-electron chi connectivity index (χ2n) is 5.52. The van der Waals surface area contributed by atoms with Crippen LogP contribution in [0.5, 0.6) is 0 Å². The van der Waals surface area contributed by atoms with Crippen molar-refractivity contribution in [2.24, 2.45) is 0 Å². The summed E-state index contributed by atoms with van der Waals surface area (Å²) in [6.07, 6.45) is 6.85. The highest BCUT2D eigenvalue weighted by Crippen LogP contribution is 2.27. The number of hydrogen-bond donors (Lipinski definition) is 1. The molecule has 116 valence electrons. The van der Waals surface area contributed by atoms with Crippen molar-refractivity contribution < 1.29 is 4.79 Å². The molecule has 22 heavy (non-hydrogen) atoms. The third kappa shape index (κ3) is 3.87. The summed E-state index contributed by atoms with van der Waals surface area (Å²) in [4.78, 5) is 18.3. The van der Waals surface area contributed by atoms with Gasteiger partial charge in [-0.25, -0.2) is 4.98 Å². The lowest BCUT2D eigenvalue weighted by molar-refractivity contribution is 0.0952. The average Bonchev–Trinajstić information content (AvgIpc) is 2.94. The quantitative estimate of drug-likeness (QED) is 0.581. The van der Waals surface area contributed by atoms with Crippen LogP contribution < -0.4 is 5.32 Å². The molecule has 0 atom stereocenters. The van der Waals surface area contributed by atoms with Crippen LogP contribution in [0.25, 0.3) is 0 Å². The summed E-state index contributed by atoms with van der Waals surface area (Å²) in [5.74, 6) is 0.0171. The van der Waals surface area contributed by atoms with Gasteiger partial charge in [0.1, 0.15) is 0 Å². The van der Waals surface area contributed by atoms with Gasteiger partial charge in [0.2, 0.25) is 0 Å². The largest absolute Gasteiger partial charge is 0.352 e. The number of nitrogens with zero attached hydrogens (tertiary/aromatic N) is 1. The fourth-order valence-corrected chi connectivity index (χ4v) is 4.53. The number of carbonyl (C=O) groups excluding carboxylic acids is 1. The Morgan fingerprint density at radius 2 is 2.09 bits per heavy atom. The lowest BCUT2D eigenvalue weighted by Crippen LogP contribution is -2.25. The van der Waals surface area contributed by atoms with E-state index in [1.807, 2.05) is 35.6 Å². The Hall–Kier alpha value is -0.950. The summed E-state index contributed by atoms with van der Waals surface area (Å²) in [5, 5.41) is 4.24. The van der Waals surface area contributed by atoms with Crippen LogP contribution in [0.2, 0.25) is 0 Å². The first-order valence-electron chi connectivity index (χ1n) is 7.74. The van der Waals surface area contributed by atoms with E-state index in [0.29, 0.717) is 6.54 Å². The van der Waals surface area contributed by atoms with Crippen LogP contribution >= 0.6 is 33.9 Å². The molecule has 1 aliphatic carbocycles. The maximum atomic E-state index is 12.1. The minimum Gasteiger partial charge on any atom is -0.352 e. The van der Waals surface area contributed by atoms with Gasteiger partial charge in [-0.05, 0) is 66.8 Å². The van der Waals surface area contributed by atoms with Gasteiger partial charge in [0.05, 0.1) is 16.3 Å². The zero-order chi connectivity index (χ0) is 15.4. The number of thiazole rings is 1. The first kappa shape index (κ1) is 15.9.